The summed E-state index contributed by atoms with van der Waals surface area (Å²) in [4.78, 5) is 11.2. The second-order valence-electron chi connectivity index (χ2n) is 4.29. The molecule has 0 saturated carbocycles. The number of carbonyl (C=O) groups is 1. The van der Waals surface area contributed by atoms with Crippen molar-refractivity contribution in [2.24, 2.45) is 0 Å². The maximum Gasteiger partial charge on any atom is 0.335 e. The van der Waals surface area contributed by atoms with E-state index in [1.165, 1.54) is 0 Å². The van der Waals surface area contributed by atoms with E-state index in [-0.39, 0.29) is 5.56 Å². The maximum absolute atomic E-state index is 11.2. The van der Waals surface area contributed by atoms with Crippen molar-refractivity contribution in [2.45, 2.75) is 6.92 Å². The molecule has 0 aliphatic heterocycles. The number of carboxylic acids is 1. The first-order chi connectivity index (χ1) is 9.13. The van der Waals surface area contributed by atoms with Crippen LogP contribution in [0.15, 0.2) is 30.3 Å². The molecule has 0 heterocycles. The Bertz CT molecular complexity index is 604. The van der Waals surface area contributed by atoms with Crippen molar-refractivity contribution in [1.29, 1.82) is 0 Å². The highest BCUT2D eigenvalue weighted by Crippen LogP contribution is 2.29. The van der Waals surface area contributed by atoms with E-state index in [9.17, 15) is 4.79 Å². The second kappa shape index (κ2) is 5.71. The highest BCUT2D eigenvalue weighted by Gasteiger charge is 2.11. The third-order valence-electron chi connectivity index (χ3n) is 2.97. The molecule has 0 fully saturated rings. The topological polar surface area (TPSA) is 55.8 Å². The van der Waals surface area contributed by atoms with Crippen LogP contribution in [0.2, 0.25) is 0 Å². The number of hydrogen-bond donors (Lipinski definition) is 1. The Balaban J connectivity index is 2.52. The van der Waals surface area contributed by atoms with E-state index in [0.717, 1.165) is 16.3 Å². The molecule has 2 aromatic rings. The first kappa shape index (κ1) is 13.4. The van der Waals surface area contributed by atoms with Crippen LogP contribution in [0.1, 0.15) is 15.9 Å². The van der Waals surface area contributed by atoms with Crippen LogP contribution in [0.5, 0.6) is 5.75 Å². The van der Waals surface area contributed by atoms with Gasteiger partial charge in [0.05, 0.1) is 12.2 Å². The van der Waals surface area contributed by atoms with Crippen molar-refractivity contribution in [3.05, 3.63) is 41.5 Å². The van der Waals surface area contributed by atoms with Crippen molar-refractivity contribution in [3.63, 3.8) is 0 Å². The number of benzene rings is 2. The third-order valence-corrected chi connectivity index (χ3v) is 2.97. The minimum Gasteiger partial charge on any atom is -0.491 e. The summed E-state index contributed by atoms with van der Waals surface area (Å²) in [6.45, 7) is 2.81. The molecule has 0 spiro atoms. The van der Waals surface area contributed by atoms with Gasteiger partial charge in [0.15, 0.2) is 0 Å². The Morgan fingerprint density at radius 2 is 2.00 bits per heavy atom. The van der Waals surface area contributed by atoms with Crippen LogP contribution in [0.3, 0.4) is 0 Å². The lowest BCUT2D eigenvalue weighted by Crippen LogP contribution is -2.06. The van der Waals surface area contributed by atoms with Crippen molar-refractivity contribution in [2.75, 3.05) is 20.3 Å². The molecule has 4 nitrogen and oxygen atoms in total. The monoisotopic (exact) mass is 260 g/mol. The number of ether oxygens (including phenoxy) is 2. The molecule has 0 bridgehead atoms. The summed E-state index contributed by atoms with van der Waals surface area (Å²) in [7, 11) is 1.60. The Morgan fingerprint density at radius 3 is 2.68 bits per heavy atom. The fourth-order valence-corrected chi connectivity index (χ4v) is 1.98. The van der Waals surface area contributed by atoms with Crippen LogP contribution in [-0.4, -0.2) is 31.4 Å². The molecule has 1 N–H and O–H groups in total. The molecule has 19 heavy (non-hydrogen) atoms. The lowest BCUT2D eigenvalue weighted by Gasteiger charge is -2.11. The van der Waals surface area contributed by atoms with Gasteiger partial charge in [-0.2, -0.15) is 0 Å². The number of aryl methyl sites for hydroxylation is 1. The fourth-order valence-electron chi connectivity index (χ4n) is 1.98. The zero-order chi connectivity index (χ0) is 13.8. The predicted octanol–water partition coefficient (Wildman–Crippen LogP) is 2.87. The SMILES string of the molecule is COCCOc1cc(C(=O)O)cc2c(C)cccc12. The van der Waals surface area contributed by atoms with E-state index in [4.69, 9.17) is 14.6 Å². The highest BCUT2D eigenvalue weighted by atomic mass is 16.5. The molecule has 0 aromatic heterocycles. The van der Waals surface area contributed by atoms with Gasteiger partial charge < -0.3 is 14.6 Å². The molecule has 0 atom stereocenters. The molecule has 0 saturated heterocycles. The highest BCUT2D eigenvalue weighted by molar-refractivity contribution is 5.98. The lowest BCUT2D eigenvalue weighted by atomic mass is 10.0. The van der Waals surface area contributed by atoms with Gasteiger partial charge in [-0.15, -0.1) is 0 Å². The lowest BCUT2D eigenvalue weighted by molar-refractivity contribution is 0.0696. The summed E-state index contributed by atoms with van der Waals surface area (Å²) in [6, 6.07) is 9.04. The normalized spacial score (nSPS) is 10.6. The minimum atomic E-state index is -0.957. The van der Waals surface area contributed by atoms with E-state index in [1.807, 2.05) is 25.1 Å². The second-order valence-corrected chi connectivity index (χ2v) is 4.29. The van der Waals surface area contributed by atoms with E-state index in [0.29, 0.717) is 19.0 Å². The van der Waals surface area contributed by atoms with Crippen LogP contribution in [0, 0.1) is 6.92 Å². The van der Waals surface area contributed by atoms with Crippen molar-refractivity contribution >= 4 is 16.7 Å². The molecule has 0 amide bonds. The summed E-state index contributed by atoms with van der Waals surface area (Å²) in [5.74, 6) is -0.377. The molecule has 0 radical (unpaired) electrons. The van der Waals surface area contributed by atoms with Crippen LogP contribution >= 0.6 is 0 Å². The van der Waals surface area contributed by atoms with E-state index in [1.54, 1.807) is 19.2 Å². The van der Waals surface area contributed by atoms with Gasteiger partial charge in [-0.05, 0) is 30.0 Å². The number of rotatable bonds is 5. The van der Waals surface area contributed by atoms with Crippen molar-refractivity contribution in [3.8, 4) is 5.75 Å². The Kier molecular flexibility index (Phi) is 4.02. The predicted molar refractivity (Wildman–Crippen MR) is 73.0 cm³/mol. The summed E-state index contributed by atoms with van der Waals surface area (Å²) in [6.07, 6.45) is 0. The average Bonchev–Trinajstić information content (AvgIpc) is 2.39. The molecule has 0 aliphatic carbocycles. The van der Waals surface area contributed by atoms with Gasteiger partial charge >= 0.3 is 5.97 Å². The van der Waals surface area contributed by atoms with Gasteiger partial charge in [0.2, 0.25) is 0 Å². The molecule has 2 aromatic carbocycles. The van der Waals surface area contributed by atoms with E-state index >= 15 is 0 Å². The number of hydrogen-bond acceptors (Lipinski definition) is 3. The van der Waals surface area contributed by atoms with Gasteiger partial charge in [0.25, 0.3) is 0 Å². The number of fused-ring (bicyclic) bond motifs is 1. The maximum atomic E-state index is 11.2. The van der Waals surface area contributed by atoms with Gasteiger partial charge in [0.1, 0.15) is 12.4 Å². The fraction of sp³-hybridized carbons (Fsp3) is 0.267. The average molecular weight is 260 g/mol. The van der Waals surface area contributed by atoms with Crippen LogP contribution in [-0.2, 0) is 4.74 Å². The summed E-state index contributed by atoms with van der Waals surface area (Å²) in [5, 5.41) is 11.0. The quantitative estimate of drug-likeness (QED) is 0.840. The molecular formula is C15H16O4. The molecule has 0 aliphatic rings. The number of carboxylic acid groups (broad SMARTS) is 1. The zero-order valence-corrected chi connectivity index (χ0v) is 11.0. The van der Waals surface area contributed by atoms with Gasteiger partial charge in [-0.1, -0.05) is 18.2 Å². The van der Waals surface area contributed by atoms with Crippen LogP contribution < -0.4 is 4.74 Å². The first-order valence-corrected chi connectivity index (χ1v) is 6.02. The summed E-state index contributed by atoms with van der Waals surface area (Å²) < 4.78 is 10.6. The molecule has 4 heteroatoms. The first-order valence-electron chi connectivity index (χ1n) is 6.02. The third kappa shape index (κ3) is 2.85. The number of methoxy groups -OCH3 is 1. The molecular weight excluding hydrogens is 244 g/mol. The van der Waals surface area contributed by atoms with Gasteiger partial charge in [-0.25, -0.2) is 4.79 Å². The van der Waals surface area contributed by atoms with Gasteiger partial charge in [0, 0.05) is 12.5 Å². The Labute approximate surface area is 111 Å². The Hall–Kier alpha value is -2.07. The standard InChI is InChI=1S/C15H16O4/c1-10-4-3-5-12-13(10)8-11(15(16)17)9-14(12)19-7-6-18-2/h3-5,8-9H,6-7H2,1-2H3,(H,16,17). The van der Waals surface area contributed by atoms with Crippen molar-refractivity contribution < 1.29 is 19.4 Å². The number of aromatic carboxylic acids is 1. The summed E-state index contributed by atoms with van der Waals surface area (Å²) in [5.41, 5.74) is 1.26. The van der Waals surface area contributed by atoms with Crippen molar-refractivity contribution in [1.82, 2.24) is 0 Å². The smallest absolute Gasteiger partial charge is 0.335 e. The van der Waals surface area contributed by atoms with E-state index < -0.39 is 5.97 Å². The molecule has 2 rings (SSSR count). The van der Waals surface area contributed by atoms with Crippen LogP contribution in [0.4, 0.5) is 0 Å². The molecule has 100 valence electrons. The van der Waals surface area contributed by atoms with E-state index in [2.05, 4.69) is 0 Å². The molecule has 0 unspecified atom stereocenters. The Morgan fingerprint density at radius 1 is 1.21 bits per heavy atom. The summed E-state index contributed by atoms with van der Waals surface area (Å²) >= 11 is 0. The largest absolute Gasteiger partial charge is 0.491 e. The van der Waals surface area contributed by atoms with Crippen LogP contribution in [0.25, 0.3) is 10.8 Å². The minimum absolute atomic E-state index is 0.231. The zero-order valence-electron chi connectivity index (χ0n) is 11.0. The van der Waals surface area contributed by atoms with Gasteiger partial charge in [-0.3, -0.25) is 0 Å².